The maximum atomic E-state index is 10.5. The van der Waals surface area contributed by atoms with Gasteiger partial charge in [-0.2, -0.15) is 4.98 Å². The summed E-state index contributed by atoms with van der Waals surface area (Å²) >= 11 is 0. The third kappa shape index (κ3) is 2.23. The number of aromatic nitrogens is 2. The first-order valence-electron chi connectivity index (χ1n) is 3.66. The number of carbonyl (C=O) groups is 1. The molecule has 0 aliphatic carbocycles. The molecule has 13 heavy (non-hydrogen) atoms. The Morgan fingerprint density at radius 1 is 1.69 bits per heavy atom. The molecule has 7 nitrogen and oxygen atoms in total. The van der Waals surface area contributed by atoms with Crippen molar-refractivity contribution < 1.29 is 14.4 Å². The van der Waals surface area contributed by atoms with Crippen molar-refractivity contribution in [2.75, 3.05) is 6.54 Å². The van der Waals surface area contributed by atoms with E-state index in [9.17, 15) is 9.90 Å². The van der Waals surface area contributed by atoms with E-state index in [0.717, 1.165) is 0 Å². The highest BCUT2D eigenvalue weighted by atomic mass is 16.5. The molecule has 1 aromatic heterocycles. The van der Waals surface area contributed by atoms with Crippen LogP contribution in [-0.2, 0) is 0 Å². The second-order valence-electron chi connectivity index (χ2n) is 2.41. The van der Waals surface area contributed by atoms with Crippen molar-refractivity contribution in [3.63, 3.8) is 0 Å². The van der Waals surface area contributed by atoms with Gasteiger partial charge in [-0.25, -0.2) is 0 Å². The van der Waals surface area contributed by atoms with Gasteiger partial charge in [-0.3, -0.25) is 4.79 Å². The van der Waals surface area contributed by atoms with E-state index in [-0.39, 0.29) is 18.3 Å². The summed E-state index contributed by atoms with van der Waals surface area (Å²) in [5.74, 6) is -1.08. The molecule has 0 fully saturated rings. The van der Waals surface area contributed by atoms with Crippen LogP contribution in [-0.4, -0.2) is 27.7 Å². The predicted molar refractivity (Wildman–Crippen MR) is 41.4 cm³/mol. The molecule has 0 aliphatic rings. The van der Waals surface area contributed by atoms with Crippen molar-refractivity contribution in [2.24, 2.45) is 11.5 Å². The topological polar surface area (TPSA) is 128 Å². The number of hydrogen-bond donors (Lipinski definition) is 3. The molecular formula is C6H10N4O3. The van der Waals surface area contributed by atoms with E-state index in [0.29, 0.717) is 6.42 Å². The van der Waals surface area contributed by atoms with Crippen LogP contribution in [0.4, 0.5) is 0 Å². The van der Waals surface area contributed by atoms with Crippen LogP contribution in [0.3, 0.4) is 0 Å². The zero-order valence-corrected chi connectivity index (χ0v) is 6.80. The van der Waals surface area contributed by atoms with Crippen LogP contribution in [0, 0.1) is 0 Å². The highest BCUT2D eigenvalue weighted by molar-refractivity contribution is 5.88. The Labute approximate surface area is 73.7 Å². The molecule has 0 aromatic carbocycles. The lowest BCUT2D eigenvalue weighted by Crippen LogP contribution is -2.13. The van der Waals surface area contributed by atoms with Crippen molar-refractivity contribution in [3.05, 3.63) is 11.7 Å². The van der Waals surface area contributed by atoms with Crippen molar-refractivity contribution in [1.82, 2.24) is 10.1 Å². The van der Waals surface area contributed by atoms with Crippen LogP contribution in [0.25, 0.3) is 0 Å². The zero-order chi connectivity index (χ0) is 9.84. The third-order valence-electron chi connectivity index (χ3n) is 1.39. The molecule has 1 atom stereocenters. The average Bonchev–Trinajstić information content (AvgIpc) is 2.52. The van der Waals surface area contributed by atoms with Crippen LogP contribution in [0.1, 0.15) is 29.0 Å². The van der Waals surface area contributed by atoms with Crippen LogP contribution < -0.4 is 11.5 Å². The van der Waals surface area contributed by atoms with Gasteiger partial charge in [0.1, 0.15) is 6.10 Å². The van der Waals surface area contributed by atoms with E-state index in [2.05, 4.69) is 14.7 Å². The summed E-state index contributed by atoms with van der Waals surface area (Å²) in [7, 11) is 0. The van der Waals surface area contributed by atoms with Gasteiger partial charge in [0.15, 0.2) is 0 Å². The fourth-order valence-corrected chi connectivity index (χ4v) is 0.752. The SMILES string of the molecule is NCCC(O)c1nc(C(N)=O)no1. The lowest BCUT2D eigenvalue weighted by atomic mass is 10.2. The van der Waals surface area contributed by atoms with Gasteiger partial charge >= 0.3 is 0 Å². The van der Waals surface area contributed by atoms with E-state index in [1.807, 2.05) is 0 Å². The Kier molecular flexibility index (Phi) is 2.93. The van der Waals surface area contributed by atoms with Gasteiger partial charge in [0.25, 0.3) is 17.6 Å². The lowest BCUT2D eigenvalue weighted by molar-refractivity contribution is 0.0987. The van der Waals surface area contributed by atoms with Gasteiger partial charge in [0.05, 0.1) is 0 Å². The summed E-state index contributed by atoms with van der Waals surface area (Å²) in [4.78, 5) is 14.1. The van der Waals surface area contributed by atoms with E-state index in [1.165, 1.54) is 0 Å². The zero-order valence-electron chi connectivity index (χ0n) is 6.80. The molecule has 5 N–H and O–H groups in total. The molecule has 7 heteroatoms. The van der Waals surface area contributed by atoms with Crippen molar-refractivity contribution in [2.45, 2.75) is 12.5 Å². The fourth-order valence-electron chi connectivity index (χ4n) is 0.752. The predicted octanol–water partition coefficient (Wildman–Crippen LogP) is -1.45. The standard InChI is InChI=1S/C6H10N4O3/c7-2-1-3(11)6-9-5(4(8)12)10-13-6/h3,11H,1-2,7H2,(H2,8,12). The molecule has 0 radical (unpaired) electrons. The van der Waals surface area contributed by atoms with Crippen LogP contribution in [0.2, 0.25) is 0 Å². The minimum atomic E-state index is -0.939. The number of amides is 1. The number of aliphatic hydroxyl groups is 1. The molecule has 0 saturated carbocycles. The van der Waals surface area contributed by atoms with E-state index >= 15 is 0 Å². The van der Waals surface area contributed by atoms with Crippen LogP contribution in [0.15, 0.2) is 4.52 Å². The number of nitrogens with zero attached hydrogens (tertiary/aromatic N) is 2. The molecule has 0 bridgehead atoms. The van der Waals surface area contributed by atoms with Gasteiger partial charge in [-0.1, -0.05) is 5.16 Å². The first-order valence-corrected chi connectivity index (χ1v) is 3.66. The minimum Gasteiger partial charge on any atom is -0.383 e. The Balaban J connectivity index is 2.73. The number of rotatable bonds is 4. The molecule has 1 aromatic rings. The molecule has 1 amide bonds. The van der Waals surface area contributed by atoms with Crippen LogP contribution >= 0.6 is 0 Å². The van der Waals surface area contributed by atoms with Gasteiger partial charge in [0.2, 0.25) is 0 Å². The fraction of sp³-hybridized carbons (Fsp3) is 0.500. The molecule has 0 spiro atoms. The summed E-state index contributed by atoms with van der Waals surface area (Å²) in [6, 6.07) is 0. The molecule has 1 unspecified atom stereocenters. The molecule has 72 valence electrons. The van der Waals surface area contributed by atoms with Gasteiger partial charge in [-0.15, -0.1) is 0 Å². The quantitative estimate of drug-likeness (QED) is 0.527. The van der Waals surface area contributed by atoms with Crippen LogP contribution in [0.5, 0.6) is 0 Å². The number of carbonyl (C=O) groups excluding carboxylic acids is 1. The lowest BCUT2D eigenvalue weighted by Gasteiger charge is -2.00. The van der Waals surface area contributed by atoms with Crippen molar-refractivity contribution in [1.29, 1.82) is 0 Å². The minimum absolute atomic E-state index is 0.0424. The highest BCUT2D eigenvalue weighted by Crippen LogP contribution is 2.12. The first-order chi connectivity index (χ1) is 6.15. The Morgan fingerprint density at radius 3 is 2.85 bits per heavy atom. The van der Waals surface area contributed by atoms with Gasteiger partial charge in [0, 0.05) is 0 Å². The highest BCUT2D eigenvalue weighted by Gasteiger charge is 2.17. The van der Waals surface area contributed by atoms with E-state index in [1.54, 1.807) is 0 Å². The molecule has 1 heterocycles. The molecular weight excluding hydrogens is 176 g/mol. The number of aliphatic hydroxyl groups excluding tert-OH is 1. The molecule has 0 saturated heterocycles. The smallest absolute Gasteiger partial charge is 0.290 e. The summed E-state index contributed by atoms with van der Waals surface area (Å²) < 4.78 is 4.57. The largest absolute Gasteiger partial charge is 0.383 e. The second kappa shape index (κ2) is 3.97. The van der Waals surface area contributed by atoms with E-state index < -0.39 is 12.0 Å². The first kappa shape index (κ1) is 9.62. The maximum absolute atomic E-state index is 10.5. The Bertz CT molecular complexity index is 298. The van der Waals surface area contributed by atoms with Gasteiger partial charge < -0.3 is 21.1 Å². The summed E-state index contributed by atoms with van der Waals surface area (Å²) in [6.45, 7) is 0.287. The summed E-state index contributed by atoms with van der Waals surface area (Å²) in [6.07, 6.45) is -0.647. The Hall–Kier alpha value is -1.47. The van der Waals surface area contributed by atoms with Gasteiger partial charge in [-0.05, 0) is 13.0 Å². The molecule has 1 rings (SSSR count). The van der Waals surface area contributed by atoms with Crippen molar-refractivity contribution >= 4 is 5.91 Å². The molecule has 0 aliphatic heterocycles. The third-order valence-corrected chi connectivity index (χ3v) is 1.39. The summed E-state index contributed by atoms with van der Waals surface area (Å²) in [5, 5.41) is 12.5. The maximum Gasteiger partial charge on any atom is 0.290 e. The Morgan fingerprint density at radius 2 is 2.38 bits per heavy atom. The second-order valence-corrected chi connectivity index (χ2v) is 2.41. The monoisotopic (exact) mass is 186 g/mol. The van der Waals surface area contributed by atoms with Crippen molar-refractivity contribution in [3.8, 4) is 0 Å². The summed E-state index contributed by atoms with van der Waals surface area (Å²) in [5.41, 5.74) is 10.1. The van der Waals surface area contributed by atoms with E-state index in [4.69, 9.17) is 11.5 Å². The number of nitrogens with two attached hydrogens (primary N) is 2. The number of primary amides is 1. The average molecular weight is 186 g/mol. The normalized spacial score (nSPS) is 12.8. The number of hydrogen-bond acceptors (Lipinski definition) is 6.